The van der Waals surface area contributed by atoms with Gasteiger partial charge >= 0.3 is 5.69 Å². The molecule has 2 rings (SSSR count). The molecule has 0 unspecified atom stereocenters. The van der Waals surface area contributed by atoms with Crippen molar-refractivity contribution in [3.05, 3.63) is 33.9 Å². The molecule has 0 bridgehead atoms. The minimum atomic E-state index is -0.685. The largest absolute Gasteiger partial charge is 0.502 e. The van der Waals surface area contributed by atoms with Crippen LogP contribution in [0.5, 0.6) is 5.75 Å². The van der Waals surface area contributed by atoms with Crippen molar-refractivity contribution in [2.75, 3.05) is 0 Å². The number of piperidine rings is 1. The molecule has 0 saturated carbocycles. The number of carbonyl (C=O) groups is 1. The number of nitro benzene ring substituents is 1. The van der Waals surface area contributed by atoms with Gasteiger partial charge in [-0.15, -0.1) is 0 Å². The second-order valence-electron chi connectivity index (χ2n) is 5.27. The first-order chi connectivity index (χ1) is 9.43. The number of rotatable bonds is 2. The number of nitro groups is 1. The van der Waals surface area contributed by atoms with Crippen molar-refractivity contribution >= 4 is 11.6 Å². The van der Waals surface area contributed by atoms with E-state index in [0.29, 0.717) is 0 Å². The molecule has 1 heterocycles. The van der Waals surface area contributed by atoms with E-state index < -0.39 is 16.4 Å². The van der Waals surface area contributed by atoms with Crippen molar-refractivity contribution < 1.29 is 14.8 Å². The molecular formula is C14H18N2O4. The Morgan fingerprint density at radius 1 is 1.35 bits per heavy atom. The number of phenols is 1. The summed E-state index contributed by atoms with van der Waals surface area (Å²) in [6.45, 7) is 3.92. The Hall–Kier alpha value is -2.11. The van der Waals surface area contributed by atoms with E-state index in [4.69, 9.17) is 0 Å². The molecule has 0 aliphatic carbocycles. The van der Waals surface area contributed by atoms with Gasteiger partial charge in [-0.3, -0.25) is 14.9 Å². The van der Waals surface area contributed by atoms with Gasteiger partial charge in [0.15, 0.2) is 0 Å². The molecule has 108 valence electrons. The van der Waals surface area contributed by atoms with Crippen LogP contribution in [0.2, 0.25) is 0 Å². The van der Waals surface area contributed by atoms with E-state index in [-0.39, 0.29) is 23.6 Å². The topological polar surface area (TPSA) is 83.7 Å². The lowest BCUT2D eigenvalue weighted by atomic mass is 9.96. The maximum atomic E-state index is 12.6. The number of aromatic hydroxyl groups is 1. The molecule has 1 saturated heterocycles. The van der Waals surface area contributed by atoms with Crippen LogP contribution in [-0.4, -0.2) is 32.9 Å². The second-order valence-corrected chi connectivity index (χ2v) is 5.27. The van der Waals surface area contributed by atoms with E-state index in [2.05, 4.69) is 0 Å². The van der Waals surface area contributed by atoms with Crippen LogP contribution in [0.4, 0.5) is 5.69 Å². The highest BCUT2D eigenvalue weighted by molar-refractivity contribution is 5.98. The summed E-state index contributed by atoms with van der Waals surface area (Å²) >= 11 is 0. The fraction of sp³-hybridized carbons (Fsp3) is 0.500. The maximum absolute atomic E-state index is 12.6. The first-order valence-electron chi connectivity index (χ1n) is 6.72. The predicted octanol–water partition coefficient (Wildman–Crippen LogP) is 2.70. The van der Waals surface area contributed by atoms with Crippen LogP contribution >= 0.6 is 0 Å². The molecule has 1 aromatic carbocycles. The van der Waals surface area contributed by atoms with Gasteiger partial charge in [-0.05, 0) is 39.2 Å². The molecule has 20 heavy (non-hydrogen) atoms. The zero-order valence-electron chi connectivity index (χ0n) is 11.6. The van der Waals surface area contributed by atoms with Crippen LogP contribution in [0.15, 0.2) is 18.2 Å². The summed E-state index contributed by atoms with van der Waals surface area (Å²) in [6.07, 6.45) is 2.88. The van der Waals surface area contributed by atoms with E-state index >= 15 is 0 Å². The number of phenolic OH excluding ortho intramolecular Hbond substituents is 1. The average Bonchev–Trinajstić information content (AvgIpc) is 2.38. The van der Waals surface area contributed by atoms with Gasteiger partial charge in [0, 0.05) is 18.2 Å². The van der Waals surface area contributed by atoms with Gasteiger partial charge in [0.2, 0.25) is 5.75 Å². The van der Waals surface area contributed by atoms with Gasteiger partial charge in [-0.1, -0.05) is 6.07 Å². The van der Waals surface area contributed by atoms with E-state index in [1.165, 1.54) is 18.2 Å². The summed E-state index contributed by atoms with van der Waals surface area (Å²) in [4.78, 5) is 24.4. The Bertz CT molecular complexity index is 534. The Morgan fingerprint density at radius 2 is 1.95 bits per heavy atom. The first kappa shape index (κ1) is 14.3. The van der Waals surface area contributed by atoms with Crippen molar-refractivity contribution in [1.82, 2.24) is 4.90 Å². The van der Waals surface area contributed by atoms with E-state index in [1.807, 2.05) is 13.8 Å². The Balaban J connectivity index is 2.38. The van der Waals surface area contributed by atoms with Crippen molar-refractivity contribution in [3.8, 4) is 5.75 Å². The molecule has 0 radical (unpaired) electrons. The van der Waals surface area contributed by atoms with E-state index in [9.17, 15) is 20.0 Å². The number of hydrogen-bond donors (Lipinski definition) is 1. The average molecular weight is 278 g/mol. The highest BCUT2D eigenvalue weighted by Crippen LogP contribution is 2.32. The second kappa shape index (κ2) is 5.48. The maximum Gasteiger partial charge on any atom is 0.311 e. The lowest BCUT2D eigenvalue weighted by Gasteiger charge is -2.39. The van der Waals surface area contributed by atoms with Gasteiger partial charge < -0.3 is 10.0 Å². The number of amides is 1. The number of carbonyl (C=O) groups excluding carboxylic acids is 1. The molecule has 1 N–H and O–H groups in total. The van der Waals surface area contributed by atoms with Crippen molar-refractivity contribution in [3.63, 3.8) is 0 Å². The van der Waals surface area contributed by atoms with Crippen LogP contribution in [0.3, 0.4) is 0 Å². The van der Waals surface area contributed by atoms with E-state index in [1.54, 1.807) is 4.90 Å². The number of hydrogen-bond acceptors (Lipinski definition) is 4. The molecular weight excluding hydrogens is 260 g/mol. The summed E-state index contributed by atoms with van der Waals surface area (Å²) in [7, 11) is 0. The number of likely N-dealkylation sites (tertiary alicyclic amines) is 1. The van der Waals surface area contributed by atoms with Crippen LogP contribution in [0, 0.1) is 10.1 Å². The zero-order chi connectivity index (χ0) is 14.9. The third-order valence-electron chi connectivity index (χ3n) is 3.87. The minimum absolute atomic E-state index is 0.000185. The molecule has 2 atom stereocenters. The van der Waals surface area contributed by atoms with Gasteiger partial charge in [0.05, 0.1) is 10.5 Å². The lowest BCUT2D eigenvalue weighted by Crippen LogP contribution is -2.47. The summed E-state index contributed by atoms with van der Waals surface area (Å²) in [5.41, 5.74) is -0.437. The first-order valence-corrected chi connectivity index (χ1v) is 6.72. The third-order valence-corrected chi connectivity index (χ3v) is 3.87. The summed E-state index contributed by atoms with van der Waals surface area (Å²) in [5.74, 6) is -0.890. The zero-order valence-corrected chi connectivity index (χ0v) is 11.6. The summed E-state index contributed by atoms with van der Waals surface area (Å²) < 4.78 is 0. The summed E-state index contributed by atoms with van der Waals surface area (Å²) in [5, 5.41) is 20.8. The number of benzene rings is 1. The molecule has 6 heteroatoms. The van der Waals surface area contributed by atoms with Crippen LogP contribution < -0.4 is 0 Å². The predicted molar refractivity (Wildman–Crippen MR) is 73.7 cm³/mol. The van der Waals surface area contributed by atoms with Crippen LogP contribution in [0.25, 0.3) is 0 Å². The molecule has 1 aliphatic heterocycles. The molecule has 0 spiro atoms. The van der Waals surface area contributed by atoms with Crippen molar-refractivity contribution in [1.29, 1.82) is 0 Å². The number of para-hydroxylation sites is 1. The molecule has 1 aromatic rings. The van der Waals surface area contributed by atoms with Gasteiger partial charge in [-0.25, -0.2) is 0 Å². The molecule has 1 aliphatic rings. The van der Waals surface area contributed by atoms with Gasteiger partial charge in [0.25, 0.3) is 5.91 Å². The monoisotopic (exact) mass is 278 g/mol. The molecule has 6 nitrogen and oxygen atoms in total. The summed E-state index contributed by atoms with van der Waals surface area (Å²) in [6, 6.07) is 4.19. The number of nitrogens with zero attached hydrogens (tertiary/aromatic N) is 2. The lowest BCUT2D eigenvalue weighted by molar-refractivity contribution is -0.385. The Kier molecular flexibility index (Phi) is 3.92. The molecule has 1 amide bonds. The molecule has 0 aromatic heterocycles. The molecule has 1 fully saturated rings. The fourth-order valence-electron chi connectivity index (χ4n) is 2.81. The van der Waals surface area contributed by atoms with Crippen molar-refractivity contribution in [2.24, 2.45) is 0 Å². The minimum Gasteiger partial charge on any atom is -0.502 e. The SMILES string of the molecule is C[C@@H]1CCC[C@H](C)N1C(=O)c1cccc([N+](=O)[O-])c1O. The van der Waals surface area contributed by atoms with Crippen molar-refractivity contribution in [2.45, 2.75) is 45.2 Å². The highest BCUT2D eigenvalue weighted by Gasteiger charge is 2.32. The van der Waals surface area contributed by atoms with Gasteiger partial charge in [0.1, 0.15) is 0 Å². The third kappa shape index (κ3) is 2.45. The van der Waals surface area contributed by atoms with Crippen LogP contribution in [0.1, 0.15) is 43.5 Å². The van der Waals surface area contributed by atoms with Crippen LogP contribution in [-0.2, 0) is 0 Å². The Labute approximate surface area is 117 Å². The fourth-order valence-corrected chi connectivity index (χ4v) is 2.81. The van der Waals surface area contributed by atoms with Gasteiger partial charge in [-0.2, -0.15) is 0 Å². The highest BCUT2D eigenvalue weighted by atomic mass is 16.6. The quantitative estimate of drug-likeness (QED) is 0.666. The van der Waals surface area contributed by atoms with E-state index in [0.717, 1.165) is 19.3 Å². The standard InChI is InChI=1S/C14H18N2O4/c1-9-5-3-6-10(2)15(9)14(18)11-7-4-8-12(13(11)17)16(19)20/h4,7-10,17H,3,5-6H2,1-2H3/t9-,10+. The smallest absolute Gasteiger partial charge is 0.311 e. The normalized spacial score (nSPS) is 22.6. The Morgan fingerprint density at radius 3 is 2.50 bits per heavy atom.